The summed E-state index contributed by atoms with van der Waals surface area (Å²) in [6, 6.07) is 26.2. The van der Waals surface area contributed by atoms with Crippen LogP contribution in [0.5, 0.6) is 0 Å². The van der Waals surface area contributed by atoms with Crippen molar-refractivity contribution in [2.75, 3.05) is 0 Å². The quantitative estimate of drug-likeness (QED) is 0.421. The summed E-state index contributed by atoms with van der Waals surface area (Å²) >= 11 is 7.80. The topological polar surface area (TPSA) is 34.4 Å². The molecule has 0 saturated carbocycles. The van der Waals surface area contributed by atoms with Crippen LogP contribution in [0, 0.1) is 0 Å². The van der Waals surface area contributed by atoms with Crippen molar-refractivity contribution < 1.29 is 0 Å². The maximum absolute atomic E-state index is 13.6. The third-order valence-corrected chi connectivity index (χ3v) is 7.51. The summed E-state index contributed by atoms with van der Waals surface area (Å²) < 4.78 is 2.51. The van der Waals surface area contributed by atoms with Crippen LogP contribution < -0.4 is 14.9 Å². The molecule has 4 aromatic rings. The van der Waals surface area contributed by atoms with Gasteiger partial charge in [0.2, 0.25) is 0 Å². The van der Waals surface area contributed by atoms with Crippen LogP contribution in [-0.2, 0) is 6.42 Å². The van der Waals surface area contributed by atoms with Crippen molar-refractivity contribution in [1.29, 1.82) is 0 Å². The molecule has 1 aliphatic carbocycles. The molecule has 2 aliphatic rings. The molecule has 1 unspecified atom stereocenters. The van der Waals surface area contributed by atoms with E-state index in [1.54, 1.807) is 0 Å². The Hall–Kier alpha value is -3.21. The number of fused-ring (bicyclic) bond motifs is 3. The van der Waals surface area contributed by atoms with Gasteiger partial charge in [-0.25, -0.2) is 4.99 Å². The van der Waals surface area contributed by atoms with Crippen LogP contribution in [0.4, 0.5) is 0 Å². The second-order valence-corrected chi connectivity index (χ2v) is 9.46. The molecule has 0 fully saturated rings. The highest BCUT2D eigenvalue weighted by Gasteiger charge is 2.32. The molecule has 5 heteroatoms. The van der Waals surface area contributed by atoms with Gasteiger partial charge in [0.1, 0.15) is 0 Å². The van der Waals surface area contributed by atoms with Crippen LogP contribution in [0.25, 0.3) is 11.8 Å². The molecule has 0 N–H and O–H groups in total. The van der Waals surface area contributed by atoms with Crippen molar-refractivity contribution in [3.63, 3.8) is 0 Å². The molecule has 0 saturated heterocycles. The highest BCUT2D eigenvalue weighted by Crippen LogP contribution is 2.41. The molecule has 2 heterocycles. The summed E-state index contributed by atoms with van der Waals surface area (Å²) in [5.41, 5.74) is 6.66. The average molecular weight is 455 g/mol. The van der Waals surface area contributed by atoms with E-state index < -0.39 is 0 Å². The summed E-state index contributed by atoms with van der Waals surface area (Å²) in [5, 5.41) is 0.631. The summed E-state index contributed by atoms with van der Waals surface area (Å²) in [6.07, 6.45) is 3.73. The third-order valence-electron chi connectivity index (χ3n) is 6.18. The molecule has 3 nitrogen and oxygen atoms in total. The van der Waals surface area contributed by atoms with Crippen molar-refractivity contribution in [2.45, 2.75) is 18.9 Å². The van der Waals surface area contributed by atoms with Crippen molar-refractivity contribution in [3.05, 3.63) is 131 Å². The first-order valence-corrected chi connectivity index (χ1v) is 11.8. The predicted molar refractivity (Wildman–Crippen MR) is 131 cm³/mol. The van der Waals surface area contributed by atoms with Gasteiger partial charge in [0.05, 0.1) is 16.3 Å². The van der Waals surface area contributed by atoms with E-state index in [9.17, 15) is 4.79 Å². The number of aromatic nitrogens is 1. The third kappa shape index (κ3) is 3.10. The molecule has 1 aliphatic heterocycles. The van der Waals surface area contributed by atoms with E-state index in [0.717, 1.165) is 34.5 Å². The van der Waals surface area contributed by atoms with Gasteiger partial charge in [-0.1, -0.05) is 95.7 Å². The highest BCUT2D eigenvalue weighted by atomic mass is 35.5. The van der Waals surface area contributed by atoms with Gasteiger partial charge in [-0.05, 0) is 47.2 Å². The molecule has 0 spiro atoms. The number of hydrogen-bond donors (Lipinski definition) is 0. The van der Waals surface area contributed by atoms with Gasteiger partial charge >= 0.3 is 0 Å². The molecule has 1 atom stereocenters. The van der Waals surface area contributed by atoms with E-state index in [4.69, 9.17) is 16.6 Å². The Kier molecular flexibility index (Phi) is 4.71. The molecule has 0 amide bonds. The number of thiazole rings is 1. The zero-order valence-corrected chi connectivity index (χ0v) is 18.7. The lowest BCUT2D eigenvalue weighted by Crippen LogP contribution is -2.38. The fourth-order valence-corrected chi connectivity index (χ4v) is 5.87. The number of aryl methyl sites for hydroxylation is 1. The zero-order chi connectivity index (χ0) is 21.7. The van der Waals surface area contributed by atoms with Crippen molar-refractivity contribution in [2.24, 2.45) is 4.99 Å². The van der Waals surface area contributed by atoms with Crippen LogP contribution in [0.3, 0.4) is 0 Å². The average Bonchev–Trinajstić information content (AvgIpc) is 3.14. The number of rotatable bonds is 2. The number of hydrogen-bond acceptors (Lipinski definition) is 3. The summed E-state index contributed by atoms with van der Waals surface area (Å²) in [6.45, 7) is 0. The normalized spacial score (nSPS) is 17.4. The second-order valence-electron chi connectivity index (χ2n) is 8.05. The molecule has 0 radical (unpaired) electrons. The van der Waals surface area contributed by atoms with Gasteiger partial charge in [-0.15, -0.1) is 0 Å². The van der Waals surface area contributed by atoms with E-state index in [-0.39, 0.29) is 11.6 Å². The Morgan fingerprint density at radius 2 is 1.69 bits per heavy atom. The van der Waals surface area contributed by atoms with E-state index in [0.29, 0.717) is 9.55 Å². The van der Waals surface area contributed by atoms with Crippen LogP contribution >= 0.6 is 22.9 Å². The lowest BCUT2D eigenvalue weighted by atomic mass is 9.83. The molecular formula is C27H19ClN2OS. The summed E-state index contributed by atoms with van der Waals surface area (Å²) in [4.78, 5) is 19.4. The lowest BCUT2D eigenvalue weighted by Gasteiger charge is -2.30. The largest absolute Gasteiger partial charge is 0.272 e. The van der Waals surface area contributed by atoms with Crippen LogP contribution in [0.2, 0.25) is 5.02 Å². The fraction of sp³-hybridized carbons (Fsp3) is 0.111. The molecular weight excluding hydrogens is 436 g/mol. The van der Waals surface area contributed by atoms with Crippen molar-refractivity contribution in [1.82, 2.24) is 4.57 Å². The molecule has 3 aromatic carbocycles. The minimum Gasteiger partial charge on any atom is -0.272 e. The Balaban J connectivity index is 1.65. The number of allylic oxidation sites excluding steroid dienone is 1. The minimum atomic E-state index is -0.149. The van der Waals surface area contributed by atoms with Gasteiger partial charge < -0.3 is 0 Å². The van der Waals surface area contributed by atoms with E-state index in [1.807, 2.05) is 53.1 Å². The Labute approximate surface area is 194 Å². The first-order valence-electron chi connectivity index (χ1n) is 10.6. The van der Waals surface area contributed by atoms with Gasteiger partial charge in [-0.3, -0.25) is 9.36 Å². The first-order chi connectivity index (χ1) is 15.7. The maximum atomic E-state index is 13.6. The van der Waals surface area contributed by atoms with Crippen molar-refractivity contribution in [3.8, 4) is 0 Å². The van der Waals surface area contributed by atoms with Gasteiger partial charge in [0.25, 0.3) is 5.56 Å². The fourth-order valence-electron chi connectivity index (χ4n) is 4.69. The monoisotopic (exact) mass is 454 g/mol. The lowest BCUT2D eigenvalue weighted by molar-refractivity contribution is 0.585. The van der Waals surface area contributed by atoms with E-state index in [2.05, 4.69) is 36.4 Å². The SMILES string of the molecule is O=c1c(=Cc2ccccc2Cl)sc2n1C(c1ccccc1)C1=C(N=2)c2ccccc2CC1. The van der Waals surface area contributed by atoms with Crippen LogP contribution in [0.1, 0.15) is 34.7 Å². The van der Waals surface area contributed by atoms with Crippen LogP contribution in [-0.4, -0.2) is 4.57 Å². The molecule has 1 aromatic heterocycles. The van der Waals surface area contributed by atoms with E-state index in [1.165, 1.54) is 28.0 Å². The predicted octanol–water partition coefficient (Wildman–Crippen LogP) is 4.97. The minimum absolute atomic E-state index is 0.0204. The first kappa shape index (κ1) is 19.5. The smallest absolute Gasteiger partial charge is 0.271 e. The van der Waals surface area contributed by atoms with Crippen molar-refractivity contribution >= 4 is 34.7 Å². The number of halogens is 1. The van der Waals surface area contributed by atoms with Gasteiger partial charge in [-0.2, -0.15) is 0 Å². The van der Waals surface area contributed by atoms with E-state index >= 15 is 0 Å². The highest BCUT2D eigenvalue weighted by molar-refractivity contribution is 7.07. The Morgan fingerprint density at radius 1 is 0.938 bits per heavy atom. The maximum Gasteiger partial charge on any atom is 0.271 e. The van der Waals surface area contributed by atoms with Gasteiger partial charge in [0.15, 0.2) is 4.80 Å². The zero-order valence-electron chi connectivity index (χ0n) is 17.2. The second kappa shape index (κ2) is 7.73. The molecule has 32 heavy (non-hydrogen) atoms. The summed E-state index contributed by atoms with van der Waals surface area (Å²) in [5.74, 6) is 0. The standard InChI is InChI=1S/C27H19ClN2OS/c28-22-13-7-5-11-19(22)16-23-26(31)30-25(18-9-2-1-3-10-18)21-15-14-17-8-4-6-12-20(17)24(21)29-27(30)32-23/h1-13,16,25H,14-15H2. The molecule has 156 valence electrons. The number of benzene rings is 3. The van der Waals surface area contributed by atoms with Gasteiger partial charge in [0, 0.05) is 10.6 Å². The Bertz CT molecular complexity index is 1560. The number of nitrogens with zero attached hydrogens (tertiary/aromatic N) is 2. The summed E-state index contributed by atoms with van der Waals surface area (Å²) in [7, 11) is 0. The van der Waals surface area contributed by atoms with Crippen LogP contribution in [0.15, 0.2) is 94.2 Å². The molecule has 0 bridgehead atoms. The molecule has 6 rings (SSSR count). The Morgan fingerprint density at radius 3 is 2.53 bits per heavy atom.